The number of rotatable bonds is 4. The maximum atomic E-state index is 12.2. The summed E-state index contributed by atoms with van der Waals surface area (Å²) in [6.07, 6.45) is 1.63. The molecular weight excluding hydrogens is 308 g/mol. The van der Waals surface area contributed by atoms with Crippen molar-refractivity contribution in [1.82, 2.24) is 4.98 Å². The van der Waals surface area contributed by atoms with Crippen molar-refractivity contribution >= 4 is 27.7 Å². The minimum atomic E-state index is -0.237. The van der Waals surface area contributed by atoms with E-state index < -0.39 is 0 Å². The number of halogens is 1. The lowest BCUT2D eigenvalue weighted by Gasteiger charge is -2.09. The molecule has 0 unspecified atom stereocenters. The Hall–Kier alpha value is -1.88. The predicted molar refractivity (Wildman–Crippen MR) is 77.5 cm³/mol. The summed E-state index contributed by atoms with van der Waals surface area (Å²) < 4.78 is 6.29. The zero-order chi connectivity index (χ0) is 13.7. The number of carbonyl (C=O) groups excluding carboxylic acids is 1. The van der Waals surface area contributed by atoms with Crippen LogP contribution in [0.3, 0.4) is 0 Å². The van der Waals surface area contributed by atoms with Crippen molar-refractivity contribution in [3.05, 3.63) is 52.6 Å². The van der Waals surface area contributed by atoms with Crippen molar-refractivity contribution in [3.63, 3.8) is 0 Å². The van der Waals surface area contributed by atoms with Gasteiger partial charge in [0, 0.05) is 10.7 Å². The molecule has 1 amide bonds. The Morgan fingerprint density at radius 2 is 2.11 bits per heavy atom. The van der Waals surface area contributed by atoms with Crippen LogP contribution in [0.5, 0.6) is 5.75 Å². The fraction of sp³-hybridized carbons (Fsp3) is 0.143. The van der Waals surface area contributed by atoms with Gasteiger partial charge in [0.15, 0.2) is 0 Å². The number of hydrogen-bond donors (Lipinski definition) is 1. The van der Waals surface area contributed by atoms with E-state index in [0.717, 1.165) is 4.47 Å². The van der Waals surface area contributed by atoms with E-state index in [0.29, 0.717) is 23.7 Å². The van der Waals surface area contributed by atoms with Crippen LogP contribution in [0.25, 0.3) is 0 Å². The average molecular weight is 321 g/mol. The molecule has 1 N–H and O–H groups in total. The van der Waals surface area contributed by atoms with E-state index in [1.54, 1.807) is 30.5 Å². The number of para-hydroxylation sites is 1. The smallest absolute Gasteiger partial charge is 0.260 e. The highest BCUT2D eigenvalue weighted by Crippen LogP contribution is 2.19. The second-order valence-corrected chi connectivity index (χ2v) is 4.66. The quantitative estimate of drug-likeness (QED) is 0.938. The molecule has 0 saturated carbocycles. The van der Waals surface area contributed by atoms with Gasteiger partial charge in [-0.25, -0.2) is 4.98 Å². The standard InChI is InChI=1S/C14H13BrN2O2/c1-2-19-12-6-4-3-5-11(12)14(18)17-13-8-7-10(15)9-16-13/h3-9H,2H2,1H3,(H,16,17,18). The number of ether oxygens (including phenoxy) is 1. The van der Waals surface area contributed by atoms with Crippen molar-refractivity contribution < 1.29 is 9.53 Å². The second kappa shape index (κ2) is 6.33. The molecule has 5 heteroatoms. The number of anilines is 1. The lowest BCUT2D eigenvalue weighted by Crippen LogP contribution is -2.14. The molecule has 2 rings (SSSR count). The fourth-order valence-electron chi connectivity index (χ4n) is 1.57. The van der Waals surface area contributed by atoms with E-state index in [4.69, 9.17) is 4.74 Å². The minimum Gasteiger partial charge on any atom is -0.493 e. The molecule has 0 radical (unpaired) electrons. The van der Waals surface area contributed by atoms with Crippen LogP contribution in [0.2, 0.25) is 0 Å². The first-order valence-corrected chi connectivity index (χ1v) is 6.64. The van der Waals surface area contributed by atoms with Gasteiger partial charge in [0.1, 0.15) is 11.6 Å². The van der Waals surface area contributed by atoms with E-state index in [1.807, 2.05) is 19.1 Å². The highest BCUT2D eigenvalue weighted by Gasteiger charge is 2.12. The molecule has 0 atom stereocenters. The summed E-state index contributed by atoms with van der Waals surface area (Å²) in [5.74, 6) is 0.831. The summed E-state index contributed by atoms with van der Waals surface area (Å²) in [6, 6.07) is 10.7. The van der Waals surface area contributed by atoms with Crippen molar-refractivity contribution in [2.75, 3.05) is 11.9 Å². The number of benzene rings is 1. The van der Waals surface area contributed by atoms with Crippen LogP contribution in [-0.2, 0) is 0 Å². The first-order valence-electron chi connectivity index (χ1n) is 5.85. The summed E-state index contributed by atoms with van der Waals surface area (Å²) in [5.41, 5.74) is 0.495. The van der Waals surface area contributed by atoms with E-state index in [-0.39, 0.29) is 5.91 Å². The van der Waals surface area contributed by atoms with Crippen LogP contribution in [0.4, 0.5) is 5.82 Å². The van der Waals surface area contributed by atoms with Crippen molar-refractivity contribution in [2.24, 2.45) is 0 Å². The molecule has 0 bridgehead atoms. The molecule has 1 aromatic carbocycles. The van der Waals surface area contributed by atoms with Gasteiger partial charge in [0.25, 0.3) is 5.91 Å². The number of carbonyl (C=O) groups is 1. The zero-order valence-corrected chi connectivity index (χ0v) is 12.0. The summed E-state index contributed by atoms with van der Waals surface area (Å²) in [4.78, 5) is 16.3. The molecule has 98 valence electrons. The van der Waals surface area contributed by atoms with E-state index >= 15 is 0 Å². The SMILES string of the molecule is CCOc1ccccc1C(=O)Nc1ccc(Br)cn1. The van der Waals surface area contributed by atoms with Gasteiger partial charge < -0.3 is 10.1 Å². The number of nitrogens with one attached hydrogen (secondary N) is 1. The van der Waals surface area contributed by atoms with E-state index in [9.17, 15) is 4.79 Å². The number of pyridine rings is 1. The van der Waals surface area contributed by atoms with Crippen molar-refractivity contribution in [2.45, 2.75) is 6.92 Å². The van der Waals surface area contributed by atoms with Gasteiger partial charge in [-0.1, -0.05) is 12.1 Å². The Morgan fingerprint density at radius 3 is 2.79 bits per heavy atom. The van der Waals surface area contributed by atoms with Gasteiger partial charge in [-0.05, 0) is 47.1 Å². The number of aromatic nitrogens is 1. The molecule has 0 aliphatic carbocycles. The summed E-state index contributed by atoms with van der Waals surface area (Å²) in [6.45, 7) is 2.39. The predicted octanol–water partition coefficient (Wildman–Crippen LogP) is 3.50. The monoisotopic (exact) mass is 320 g/mol. The minimum absolute atomic E-state index is 0.237. The van der Waals surface area contributed by atoms with Crippen LogP contribution in [0.15, 0.2) is 47.1 Å². The molecule has 0 saturated heterocycles. The second-order valence-electron chi connectivity index (χ2n) is 3.74. The topological polar surface area (TPSA) is 51.2 Å². The molecule has 4 nitrogen and oxygen atoms in total. The van der Waals surface area contributed by atoms with Crippen molar-refractivity contribution in [1.29, 1.82) is 0 Å². The van der Waals surface area contributed by atoms with Crippen LogP contribution in [-0.4, -0.2) is 17.5 Å². The normalized spacial score (nSPS) is 10.0. The molecular formula is C14H13BrN2O2. The van der Waals surface area contributed by atoms with Crippen LogP contribution < -0.4 is 10.1 Å². The lowest BCUT2D eigenvalue weighted by molar-refractivity contribution is 0.102. The van der Waals surface area contributed by atoms with Crippen LogP contribution in [0, 0.1) is 0 Å². The highest BCUT2D eigenvalue weighted by molar-refractivity contribution is 9.10. The molecule has 0 aliphatic heterocycles. The molecule has 2 aromatic rings. The zero-order valence-electron chi connectivity index (χ0n) is 10.4. The number of hydrogen-bond acceptors (Lipinski definition) is 3. The molecule has 0 fully saturated rings. The maximum absolute atomic E-state index is 12.2. The van der Waals surface area contributed by atoms with Crippen molar-refractivity contribution in [3.8, 4) is 5.75 Å². The van der Waals surface area contributed by atoms with Gasteiger partial charge in [-0.3, -0.25) is 4.79 Å². The Morgan fingerprint density at radius 1 is 1.32 bits per heavy atom. The van der Waals surface area contributed by atoms with Gasteiger partial charge in [0.05, 0.1) is 12.2 Å². The first kappa shape index (κ1) is 13.5. The van der Waals surface area contributed by atoms with Crippen LogP contribution >= 0.6 is 15.9 Å². The fourth-order valence-corrected chi connectivity index (χ4v) is 1.80. The lowest BCUT2D eigenvalue weighted by atomic mass is 10.2. The Labute approximate surface area is 119 Å². The third-order valence-electron chi connectivity index (χ3n) is 2.40. The average Bonchev–Trinajstić information content (AvgIpc) is 2.42. The molecule has 1 heterocycles. The number of nitrogens with zero attached hydrogens (tertiary/aromatic N) is 1. The Kier molecular flexibility index (Phi) is 4.52. The van der Waals surface area contributed by atoms with Gasteiger partial charge in [-0.15, -0.1) is 0 Å². The van der Waals surface area contributed by atoms with Crippen LogP contribution in [0.1, 0.15) is 17.3 Å². The largest absolute Gasteiger partial charge is 0.493 e. The van der Waals surface area contributed by atoms with E-state index in [2.05, 4.69) is 26.2 Å². The summed E-state index contributed by atoms with van der Waals surface area (Å²) in [7, 11) is 0. The molecule has 19 heavy (non-hydrogen) atoms. The van der Waals surface area contributed by atoms with Gasteiger partial charge in [-0.2, -0.15) is 0 Å². The Bertz CT molecular complexity index is 570. The van der Waals surface area contributed by atoms with E-state index in [1.165, 1.54) is 0 Å². The highest BCUT2D eigenvalue weighted by atomic mass is 79.9. The third-order valence-corrected chi connectivity index (χ3v) is 2.87. The molecule has 1 aromatic heterocycles. The molecule has 0 aliphatic rings. The Balaban J connectivity index is 2.18. The molecule has 0 spiro atoms. The summed E-state index contributed by atoms with van der Waals surface area (Å²) in [5, 5.41) is 2.73. The third kappa shape index (κ3) is 3.54. The first-order chi connectivity index (χ1) is 9.20. The van der Waals surface area contributed by atoms with Gasteiger partial charge in [0.2, 0.25) is 0 Å². The number of amides is 1. The van der Waals surface area contributed by atoms with Gasteiger partial charge >= 0.3 is 0 Å². The maximum Gasteiger partial charge on any atom is 0.260 e. The summed E-state index contributed by atoms with van der Waals surface area (Å²) >= 11 is 3.29.